The lowest BCUT2D eigenvalue weighted by Gasteiger charge is -2.14. The summed E-state index contributed by atoms with van der Waals surface area (Å²) in [7, 11) is 0. The van der Waals surface area contributed by atoms with Crippen LogP contribution >= 0.6 is 11.6 Å². The molecule has 124 valence electrons. The molecule has 0 bridgehead atoms. The molecule has 0 radical (unpaired) electrons. The second-order valence-corrected chi connectivity index (χ2v) is 5.09. The Labute approximate surface area is 134 Å². The standard InChI is InChI=1S/C14H12ClF4N3O/c15-13-7-21-8(6-22-13)1-4-12(20)10-3-2-9(5-11(10)16)23-14(17,18)19/h2-3,5-7,12H,1,4,20H2. The molecular weight excluding hydrogens is 338 g/mol. The second-order valence-electron chi connectivity index (χ2n) is 4.71. The molecule has 0 aliphatic rings. The number of nitrogens with zero attached hydrogens (tertiary/aromatic N) is 2. The quantitative estimate of drug-likeness (QED) is 0.834. The number of hydrogen-bond donors (Lipinski definition) is 1. The van der Waals surface area contributed by atoms with Crippen molar-refractivity contribution in [2.45, 2.75) is 25.2 Å². The maximum atomic E-state index is 13.9. The first-order chi connectivity index (χ1) is 10.7. The number of nitrogens with two attached hydrogens (primary N) is 1. The number of alkyl halides is 3. The van der Waals surface area contributed by atoms with Gasteiger partial charge in [0, 0.05) is 17.7 Å². The fourth-order valence-corrected chi connectivity index (χ4v) is 2.03. The average Bonchev–Trinajstić information content (AvgIpc) is 2.45. The molecular formula is C14H12ClF4N3O. The van der Waals surface area contributed by atoms with Gasteiger partial charge in [-0.05, 0) is 18.9 Å². The third-order valence-electron chi connectivity index (χ3n) is 2.99. The van der Waals surface area contributed by atoms with Crippen molar-refractivity contribution in [3.05, 3.63) is 52.8 Å². The summed E-state index contributed by atoms with van der Waals surface area (Å²) in [5.41, 5.74) is 6.60. The van der Waals surface area contributed by atoms with Gasteiger partial charge in [0.15, 0.2) is 0 Å². The molecule has 0 fully saturated rings. The van der Waals surface area contributed by atoms with Gasteiger partial charge in [-0.15, -0.1) is 13.2 Å². The van der Waals surface area contributed by atoms with Crippen molar-refractivity contribution in [1.29, 1.82) is 0 Å². The zero-order valence-electron chi connectivity index (χ0n) is 11.6. The predicted octanol–water partition coefficient (Wildman–Crippen LogP) is 3.80. The third kappa shape index (κ3) is 5.33. The van der Waals surface area contributed by atoms with Crippen molar-refractivity contribution < 1.29 is 22.3 Å². The van der Waals surface area contributed by atoms with Gasteiger partial charge < -0.3 is 10.5 Å². The van der Waals surface area contributed by atoms with Crippen LogP contribution in [0.25, 0.3) is 0 Å². The molecule has 1 aromatic heterocycles. The fourth-order valence-electron chi connectivity index (χ4n) is 1.93. The molecule has 1 aromatic carbocycles. The molecule has 2 aromatic rings. The van der Waals surface area contributed by atoms with Crippen molar-refractivity contribution in [3.63, 3.8) is 0 Å². The molecule has 9 heteroatoms. The van der Waals surface area contributed by atoms with E-state index in [0.717, 1.165) is 6.07 Å². The number of rotatable bonds is 5. The van der Waals surface area contributed by atoms with Gasteiger partial charge in [-0.2, -0.15) is 0 Å². The molecule has 0 aliphatic heterocycles. The van der Waals surface area contributed by atoms with E-state index in [9.17, 15) is 17.6 Å². The molecule has 0 saturated heterocycles. The van der Waals surface area contributed by atoms with Crippen LogP contribution in [-0.2, 0) is 6.42 Å². The van der Waals surface area contributed by atoms with E-state index in [2.05, 4.69) is 14.7 Å². The number of aryl methyl sites for hydroxylation is 1. The van der Waals surface area contributed by atoms with E-state index in [4.69, 9.17) is 17.3 Å². The van der Waals surface area contributed by atoms with Crippen LogP contribution in [0.4, 0.5) is 17.6 Å². The summed E-state index contributed by atoms with van der Waals surface area (Å²) in [6.45, 7) is 0. The van der Waals surface area contributed by atoms with E-state index in [0.29, 0.717) is 24.6 Å². The minimum Gasteiger partial charge on any atom is -0.406 e. The van der Waals surface area contributed by atoms with Crippen LogP contribution in [0.15, 0.2) is 30.6 Å². The predicted molar refractivity (Wildman–Crippen MR) is 75.4 cm³/mol. The van der Waals surface area contributed by atoms with Crippen LogP contribution < -0.4 is 10.5 Å². The highest BCUT2D eigenvalue weighted by atomic mass is 35.5. The Morgan fingerprint density at radius 2 is 1.96 bits per heavy atom. The van der Waals surface area contributed by atoms with Crippen LogP contribution in [0.3, 0.4) is 0 Å². The summed E-state index contributed by atoms with van der Waals surface area (Å²) in [6.07, 6.45) is -1.25. The van der Waals surface area contributed by atoms with Gasteiger partial charge in [-0.25, -0.2) is 9.37 Å². The molecule has 1 atom stereocenters. The van der Waals surface area contributed by atoms with E-state index in [1.165, 1.54) is 18.5 Å². The first-order valence-electron chi connectivity index (χ1n) is 6.52. The van der Waals surface area contributed by atoms with E-state index >= 15 is 0 Å². The van der Waals surface area contributed by atoms with E-state index in [-0.39, 0.29) is 10.7 Å². The first kappa shape index (κ1) is 17.4. The minimum atomic E-state index is -4.87. The number of ether oxygens (including phenoxy) is 1. The summed E-state index contributed by atoms with van der Waals surface area (Å²) in [5, 5.41) is 0.254. The Morgan fingerprint density at radius 1 is 1.22 bits per heavy atom. The largest absolute Gasteiger partial charge is 0.573 e. The summed E-state index contributed by atoms with van der Waals surface area (Å²) in [5.74, 6) is -1.49. The van der Waals surface area contributed by atoms with E-state index < -0.39 is 24.0 Å². The number of benzene rings is 1. The lowest BCUT2D eigenvalue weighted by atomic mass is 10.0. The lowest BCUT2D eigenvalue weighted by molar-refractivity contribution is -0.274. The van der Waals surface area contributed by atoms with Crippen LogP contribution in [-0.4, -0.2) is 16.3 Å². The van der Waals surface area contributed by atoms with Gasteiger partial charge >= 0.3 is 6.36 Å². The maximum Gasteiger partial charge on any atom is 0.573 e. The highest BCUT2D eigenvalue weighted by Gasteiger charge is 2.31. The van der Waals surface area contributed by atoms with Crippen LogP contribution in [0.5, 0.6) is 5.75 Å². The monoisotopic (exact) mass is 349 g/mol. The molecule has 0 amide bonds. The zero-order chi connectivity index (χ0) is 17.0. The van der Waals surface area contributed by atoms with Crippen molar-refractivity contribution in [1.82, 2.24) is 9.97 Å². The molecule has 0 saturated carbocycles. The van der Waals surface area contributed by atoms with Crippen molar-refractivity contribution in [3.8, 4) is 5.75 Å². The number of aromatic nitrogens is 2. The highest BCUT2D eigenvalue weighted by Crippen LogP contribution is 2.27. The van der Waals surface area contributed by atoms with Gasteiger partial charge in [0.25, 0.3) is 0 Å². The Morgan fingerprint density at radius 3 is 2.52 bits per heavy atom. The summed E-state index contributed by atoms with van der Waals surface area (Å²) in [6, 6.07) is 2.15. The summed E-state index contributed by atoms with van der Waals surface area (Å²) < 4.78 is 53.8. The van der Waals surface area contributed by atoms with E-state index in [1.807, 2.05) is 0 Å². The Balaban J connectivity index is 2.01. The SMILES string of the molecule is NC(CCc1cnc(Cl)cn1)c1ccc(OC(F)(F)F)cc1F. The highest BCUT2D eigenvalue weighted by molar-refractivity contribution is 6.29. The van der Waals surface area contributed by atoms with Crippen molar-refractivity contribution in [2.24, 2.45) is 5.73 Å². The molecule has 23 heavy (non-hydrogen) atoms. The number of hydrogen-bond acceptors (Lipinski definition) is 4. The van der Waals surface area contributed by atoms with Gasteiger partial charge in [0.1, 0.15) is 16.7 Å². The fraction of sp³-hybridized carbons (Fsp3) is 0.286. The molecule has 1 unspecified atom stereocenters. The second kappa shape index (κ2) is 7.10. The van der Waals surface area contributed by atoms with E-state index in [1.54, 1.807) is 0 Å². The smallest absolute Gasteiger partial charge is 0.406 e. The maximum absolute atomic E-state index is 13.9. The minimum absolute atomic E-state index is 0.0986. The average molecular weight is 350 g/mol. The third-order valence-corrected chi connectivity index (χ3v) is 3.19. The molecule has 2 rings (SSSR count). The molecule has 2 N–H and O–H groups in total. The Hall–Kier alpha value is -1.93. The van der Waals surface area contributed by atoms with Crippen molar-refractivity contribution >= 4 is 11.6 Å². The normalized spacial score (nSPS) is 13.0. The lowest BCUT2D eigenvalue weighted by Crippen LogP contribution is -2.18. The Kier molecular flexibility index (Phi) is 5.38. The summed E-state index contributed by atoms with van der Waals surface area (Å²) >= 11 is 5.61. The van der Waals surface area contributed by atoms with Crippen LogP contribution in [0, 0.1) is 5.82 Å². The van der Waals surface area contributed by atoms with Gasteiger partial charge in [0.2, 0.25) is 0 Å². The molecule has 0 aliphatic carbocycles. The van der Waals surface area contributed by atoms with Gasteiger partial charge in [0.05, 0.1) is 18.1 Å². The van der Waals surface area contributed by atoms with Crippen LogP contribution in [0.2, 0.25) is 5.15 Å². The molecule has 0 spiro atoms. The van der Waals surface area contributed by atoms with Crippen molar-refractivity contribution in [2.75, 3.05) is 0 Å². The zero-order valence-corrected chi connectivity index (χ0v) is 12.4. The van der Waals surface area contributed by atoms with Gasteiger partial charge in [-0.1, -0.05) is 17.7 Å². The topological polar surface area (TPSA) is 61.0 Å². The van der Waals surface area contributed by atoms with Gasteiger partial charge in [-0.3, -0.25) is 4.98 Å². The molecule has 1 heterocycles. The summed E-state index contributed by atoms with van der Waals surface area (Å²) in [4.78, 5) is 7.89. The number of halogens is 5. The molecule has 4 nitrogen and oxygen atoms in total. The Bertz CT molecular complexity index is 664. The first-order valence-corrected chi connectivity index (χ1v) is 6.89. The van der Waals surface area contributed by atoms with Crippen LogP contribution in [0.1, 0.15) is 23.7 Å².